The van der Waals surface area contributed by atoms with Gasteiger partial charge in [0.05, 0.1) is 6.07 Å². The number of hydrogen-bond acceptors (Lipinski definition) is 2. The van der Waals surface area contributed by atoms with Crippen molar-refractivity contribution in [2.75, 3.05) is 21.1 Å². The third-order valence-electron chi connectivity index (χ3n) is 0.362. The van der Waals surface area contributed by atoms with Crippen LogP contribution in [0.2, 0.25) is 0 Å². The van der Waals surface area contributed by atoms with E-state index in [-0.39, 0.29) is 0 Å². The van der Waals surface area contributed by atoms with Crippen LogP contribution in [0.4, 0.5) is 0 Å². The zero-order chi connectivity index (χ0) is 7.70. The highest BCUT2D eigenvalue weighted by molar-refractivity contribution is 4.65. The van der Waals surface area contributed by atoms with Crippen molar-refractivity contribution in [3.63, 3.8) is 0 Å². The summed E-state index contributed by atoms with van der Waals surface area (Å²) in [6.45, 7) is 1.99. The maximum absolute atomic E-state index is 7.82. The second-order valence-electron chi connectivity index (χ2n) is 2.25. The minimum absolute atomic E-state index is 0.694. The molecule has 2 heteroatoms. The first-order chi connectivity index (χ1) is 4.15. The highest BCUT2D eigenvalue weighted by Gasteiger charge is 1.65. The summed E-state index contributed by atoms with van der Waals surface area (Å²) in [4.78, 5) is 2.00. The van der Waals surface area contributed by atoms with Gasteiger partial charge in [0.25, 0.3) is 0 Å². The summed E-state index contributed by atoms with van der Waals surface area (Å²) in [6, 6.07) is 2.02. The minimum atomic E-state index is 0.694. The number of nitrogens with zero attached hydrogens (tertiary/aromatic N) is 2. The largest absolute Gasteiger partial charge is 0.312 e. The molecule has 0 atom stereocenters. The summed E-state index contributed by atoms with van der Waals surface area (Å²) < 4.78 is 0. The van der Waals surface area contributed by atoms with E-state index in [0.29, 0.717) is 6.42 Å². The third-order valence-corrected chi connectivity index (χ3v) is 0.362. The molecule has 0 aromatic rings. The van der Waals surface area contributed by atoms with Crippen LogP contribution in [0, 0.1) is 11.3 Å². The predicted molar refractivity (Wildman–Crippen MR) is 40.1 cm³/mol. The Morgan fingerprint density at radius 3 is 1.67 bits per heavy atom. The lowest BCUT2D eigenvalue weighted by atomic mass is 10.4. The topological polar surface area (TPSA) is 27.0 Å². The molecule has 0 saturated carbocycles. The van der Waals surface area contributed by atoms with Gasteiger partial charge in [-0.1, -0.05) is 6.92 Å². The summed E-state index contributed by atoms with van der Waals surface area (Å²) in [5.41, 5.74) is 0. The Morgan fingerprint density at radius 2 is 1.67 bits per heavy atom. The number of hydrogen-bond donors (Lipinski definition) is 0. The zero-order valence-electron chi connectivity index (χ0n) is 6.81. The Morgan fingerprint density at radius 1 is 1.33 bits per heavy atom. The van der Waals surface area contributed by atoms with Crippen molar-refractivity contribution >= 4 is 0 Å². The molecule has 9 heavy (non-hydrogen) atoms. The van der Waals surface area contributed by atoms with Gasteiger partial charge in [-0.15, -0.1) is 0 Å². The molecule has 0 aliphatic carbocycles. The fourth-order valence-electron chi connectivity index (χ4n) is 0.112. The van der Waals surface area contributed by atoms with Crippen LogP contribution in [0.3, 0.4) is 0 Å². The van der Waals surface area contributed by atoms with Crippen LogP contribution in [0.15, 0.2) is 0 Å². The molecule has 0 saturated heterocycles. The second kappa shape index (κ2) is 10.4. The molecule has 0 spiro atoms. The molecule has 0 aliphatic heterocycles. The van der Waals surface area contributed by atoms with Gasteiger partial charge >= 0.3 is 0 Å². The summed E-state index contributed by atoms with van der Waals surface area (Å²) in [5.74, 6) is 0. The van der Waals surface area contributed by atoms with E-state index in [2.05, 4.69) is 0 Å². The Balaban J connectivity index is 0. The van der Waals surface area contributed by atoms with Gasteiger partial charge in [-0.2, -0.15) is 5.26 Å². The molecule has 0 heterocycles. The molecule has 0 N–H and O–H groups in total. The van der Waals surface area contributed by atoms with Crippen LogP contribution < -0.4 is 0 Å². The van der Waals surface area contributed by atoms with E-state index in [9.17, 15) is 0 Å². The molecule has 0 radical (unpaired) electrons. The quantitative estimate of drug-likeness (QED) is 0.535. The summed E-state index contributed by atoms with van der Waals surface area (Å²) in [6.07, 6.45) is 1.68. The highest BCUT2D eigenvalue weighted by Crippen LogP contribution is 1.77. The van der Waals surface area contributed by atoms with Crippen LogP contribution >= 0.6 is 0 Å². The average molecular weight is 128 g/mol. The van der Waals surface area contributed by atoms with Crippen molar-refractivity contribution < 1.29 is 0 Å². The summed E-state index contributed by atoms with van der Waals surface area (Å²) in [7, 11) is 6.00. The fourth-order valence-corrected chi connectivity index (χ4v) is 0.112. The van der Waals surface area contributed by atoms with Gasteiger partial charge in [-0.05, 0) is 27.6 Å². The second-order valence-corrected chi connectivity index (χ2v) is 2.25. The van der Waals surface area contributed by atoms with Gasteiger partial charge in [0.1, 0.15) is 0 Å². The van der Waals surface area contributed by atoms with Gasteiger partial charge in [-0.25, -0.2) is 0 Å². The van der Waals surface area contributed by atoms with E-state index >= 15 is 0 Å². The first-order valence-electron chi connectivity index (χ1n) is 3.13. The molecular formula is C7H16N2. The Labute approximate surface area is 58.1 Å². The molecule has 0 bridgehead atoms. The summed E-state index contributed by atoms with van der Waals surface area (Å²) in [5, 5.41) is 7.82. The highest BCUT2D eigenvalue weighted by atomic mass is 15.0. The van der Waals surface area contributed by atoms with E-state index in [4.69, 9.17) is 5.26 Å². The van der Waals surface area contributed by atoms with Gasteiger partial charge in [0, 0.05) is 6.42 Å². The predicted octanol–water partition coefficient (Wildman–Crippen LogP) is 1.49. The molecular weight excluding hydrogens is 112 g/mol. The molecule has 0 aliphatic rings. The van der Waals surface area contributed by atoms with Crippen LogP contribution in [0.1, 0.15) is 19.8 Å². The van der Waals surface area contributed by atoms with Crippen LogP contribution in [0.25, 0.3) is 0 Å². The van der Waals surface area contributed by atoms with Gasteiger partial charge < -0.3 is 4.90 Å². The average Bonchev–Trinajstić information content (AvgIpc) is 1.66. The van der Waals surface area contributed by atoms with Gasteiger partial charge in [-0.3, -0.25) is 0 Å². The van der Waals surface area contributed by atoms with Gasteiger partial charge in [0.15, 0.2) is 0 Å². The number of rotatable bonds is 1. The molecule has 0 unspecified atom stereocenters. The van der Waals surface area contributed by atoms with E-state index in [1.165, 1.54) is 0 Å². The zero-order valence-corrected chi connectivity index (χ0v) is 6.81. The normalized spacial score (nSPS) is 7.56. The van der Waals surface area contributed by atoms with Crippen molar-refractivity contribution in [1.82, 2.24) is 4.90 Å². The Kier molecular flexibility index (Phi) is 13.1. The van der Waals surface area contributed by atoms with Gasteiger partial charge in [0.2, 0.25) is 0 Å². The summed E-state index contributed by atoms with van der Waals surface area (Å²) >= 11 is 0. The maximum atomic E-state index is 7.82. The lowest BCUT2D eigenvalue weighted by Gasteiger charge is -1.90. The molecule has 0 aromatic carbocycles. The molecule has 0 rings (SSSR count). The standard InChI is InChI=1S/C4H7N.C3H9N/c1-2-3-4-5;1-4(2)3/h2-3H2,1H3;1-3H3. The Bertz CT molecular complexity index is 68.7. The van der Waals surface area contributed by atoms with Crippen molar-refractivity contribution in [1.29, 1.82) is 5.26 Å². The molecule has 0 amide bonds. The third kappa shape index (κ3) is 105. The minimum Gasteiger partial charge on any atom is -0.312 e. The lowest BCUT2D eigenvalue weighted by Crippen LogP contribution is -1.99. The first kappa shape index (κ1) is 11.3. The smallest absolute Gasteiger partial charge is 0.0621 e. The number of nitriles is 1. The van der Waals surface area contributed by atoms with Crippen LogP contribution in [0.5, 0.6) is 0 Å². The molecule has 0 fully saturated rings. The van der Waals surface area contributed by atoms with Crippen molar-refractivity contribution in [3.8, 4) is 6.07 Å². The lowest BCUT2D eigenvalue weighted by molar-refractivity contribution is 0.505. The van der Waals surface area contributed by atoms with Crippen LogP contribution in [-0.2, 0) is 0 Å². The van der Waals surface area contributed by atoms with E-state index in [1.54, 1.807) is 0 Å². The van der Waals surface area contributed by atoms with Crippen LogP contribution in [-0.4, -0.2) is 26.0 Å². The first-order valence-corrected chi connectivity index (χ1v) is 3.13. The molecule has 54 valence electrons. The fraction of sp³-hybridized carbons (Fsp3) is 0.857. The Hall–Kier alpha value is -0.550. The van der Waals surface area contributed by atoms with Crippen molar-refractivity contribution in [3.05, 3.63) is 0 Å². The molecule has 2 nitrogen and oxygen atoms in total. The van der Waals surface area contributed by atoms with Crippen molar-refractivity contribution in [2.45, 2.75) is 19.8 Å². The van der Waals surface area contributed by atoms with Crippen molar-refractivity contribution in [2.24, 2.45) is 0 Å². The maximum Gasteiger partial charge on any atom is 0.0621 e. The van der Waals surface area contributed by atoms with E-state index in [0.717, 1.165) is 6.42 Å². The van der Waals surface area contributed by atoms with E-state index < -0.39 is 0 Å². The SMILES string of the molecule is CCCC#N.CN(C)C. The van der Waals surface area contributed by atoms with E-state index in [1.807, 2.05) is 39.0 Å². The number of unbranched alkanes of at least 4 members (excludes halogenated alkanes) is 1. The monoisotopic (exact) mass is 128 g/mol. The molecule has 0 aromatic heterocycles.